The molecule has 0 aliphatic heterocycles. The molecule has 21 heavy (non-hydrogen) atoms. The van der Waals surface area contributed by atoms with Gasteiger partial charge in [-0.15, -0.1) is 0 Å². The molecule has 112 valence electrons. The molecular weight excluding hydrogens is 264 g/mol. The van der Waals surface area contributed by atoms with Crippen LogP contribution in [0.2, 0.25) is 0 Å². The van der Waals surface area contributed by atoms with E-state index in [0.717, 1.165) is 29.6 Å². The third kappa shape index (κ3) is 3.32. The molecule has 0 saturated heterocycles. The van der Waals surface area contributed by atoms with Gasteiger partial charge in [0.25, 0.3) is 0 Å². The summed E-state index contributed by atoms with van der Waals surface area (Å²) >= 11 is 0. The minimum atomic E-state index is 0.299. The molecule has 1 aromatic rings. The predicted octanol–water partition coefficient (Wildman–Crippen LogP) is 3.95. The average Bonchev–Trinajstić information content (AvgIpc) is 2.56. The highest BCUT2D eigenvalue weighted by Gasteiger charge is 2.19. The minimum absolute atomic E-state index is 0.299. The van der Waals surface area contributed by atoms with Crippen molar-refractivity contribution in [1.29, 1.82) is 0 Å². The van der Waals surface area contributed by atoms with Gasteiger partial charge in [0, 0.05) is 6.20 Å². The molecule has 0 N–H and O–H groups in total. The van der Waals surface area contributed by atoms with Crippen molar-refractivity contribution in [3.8, 4) is 11.9 Å². The molecule has 1 aliphatic rings. The zero-order valence-electron chi connectivity index (χ0n) is 12.8. The van der Waals surface area contributed by atoms with Crippen LogP contribution in [0.1, 0.15) is 37.7 Å². The van der Waals surface area contributed by atoms with Crippen molar-refractivity contribution in [1.82, 2.24) is 9.97 Å². The van der Waals surface area contributed by atoms with Crippen molar-refractivity contribution in [2.45, 2.75) is 32.1 Å². The second kappa shape index (κ2) is 7.07. The zero-order chi connectivity index (χ0) is 15.2. The Morgan fingerprint density at radius 3 is 2.48 bits per heavy atom. The first-order chi connectivity index (χ1) is 10.2. The average molecular weight is 286 g/mol. The molecule has 0 aromatic carbocycles. The van der Waals surface area contributed by atoms with Crippen LogP contribution in [0.25, 0.3) is 5.57 Å². The summed E-state index contributed by atoms with van der Waals surface area (Å²) in [5, 5.41) is 0. The molecule has 4 nitrogen and oxygen atoms in total. The minimum Gasteiger partial charge on any atom is -0.480 e. The summed E-state index contributed by atoms with van der Waals surface area (Å²) in [5.41, 5.74) is 4.21. The topological polar surface area (TPSA) is 44.2 Å². The summed E-state index contributed by atoms with van der Waals surface area (Å²) < 4.78 is 10.5. The first-order valence-corrected chi connectivity index (χ1v) is 7.20. The van der Waals surface area contributed by atoms with Crippen LogP contribution in [0.3, 0.4) is 0 Å². The van der Waals surface area contributed by atoms with Gasteiger partial charge in [0.2, 0.25) is 5.88 Å². The van der Waals surface area contributed by atoms with E-state index in [0.29, 0.717) is 11.9 Å². The third-order valence-electron chi connectivity index (χ3n) is 3.76. The first kappa shape index (κ1) is 15.3. The van der Waals surface area contributed by atoms with Crippen LogP contribution in [0, 0.1) is 0 Å². The van der Waals surface area contributed by atoms with E-state index >= 15 is 0 Å². The van der Waals surface area contributed by atoms with E-state index in [-0.39, 0.29) is 0 Å². The lowest BCUT2D eigenvalue weighted by Gasteiger charge is -2.21. The summed E-state index contributed by atoms with van der Waals surface area (Å²) in [7, 11) is 3.14. The Labute approximate surface area is 126 Å². The lowest BCUT2D eigenvalue weighted by atomic mass is 9.86. The summed E-state index contributed by atoms with van der Waals surface area (Å²) in [5.74, 6) is 0.512. The lowest BCUT2D eigenvalue weighted by Crippen LogP contribution is -2.04. The van der Waals surface area contributed by atoms with Gasteiger partial charge in [0.05, 0.1) is 19.8 Å². The number of aromatic nitrogens is 2. The summed E-state index contributed by atoms with van der Waals surface area (Å²) in [6, 6.07) is 0.299. The number of hydrogen-bond donors (Lipinski definition) is 0. The molecule has 0 amide bonds. The highest BCUT2D eigenvalue weighted by molar-refractivity contribution is 5.85. The van der Waals surface area contributed by atoms with Crippen molar-refractivity contribution in [2.75, 3.05) is 14.2 Å². The maximum Gasteiger partial charge on any atom is 0.319 e. The lowest BCUT2D eigenvalue weighted by molar-refractivity contribution is 0.351. The van der Waals surface area contributed by atoms with E-state index in [1.807, 2.05) is 0 Å². The standard InChI is InChI=1S/C17H22N2O2/c1-5-12(2)15(13-9-7-6-8-10-13)14-11-18-17(21-4)19-16(14)20-3/h5,11H,1-2,6-10H2,3-4H3. The molecule has 1 aliphatic carbocycles. The summed E-state index contributed by atoms with van der Waals surface area (Å²) in [6.07, 6.45) is 9.39. The molecular formula is C17H22N2O2. The monoisotopic (exact) mass is 286 g/mol. The second-order valence-electron chi connectivity index (χ2n) is 5.05. The van der Waals surface area contributed by atoms with Gasteiger partial charge in [0.15, 0.2) is 0 Å². The fourth-order valence-electron chi connectivity index (χ4n) is 2.70. The first-order valence-electron chi connectivity index (χ1n) is 7.20. The van der Waals surface area contributed by atoms with Gasteiger partial charge in [-0.1, -0.05) is 31.2 Å². The van der Waals surface area contributed by atoms with Crippen molar-refractivity contribution in [2.24, 2.45) is 0 Å². The predicted molar refractivity (Wildman–Crippen MR) is 84.5 cm³/mol. The van der Waals surface area contributed by atoms with Gasteiger partial charge in [-0.05, 0) is 36.8 Å². The summed E-state index contributed by atoms with van der Waals surface area (Å²) in [6.45, 7) is 7.98. The highest BCUT2D eigenvalue weighted by Crippen LogP contribution is 2.37. The largest absolute Gasteiger partial charge is 0.480 e. The van der Waals surface area contributed by atoms with Crippen LogP contribution in [0.4, 0.5) is 0 Å². The molecule has 0 bridgehead atoms. The van der Waals surface area contributed by atoms with Crippen molar-refractivity contribution in [3.05, 3.63) is 42.1 Å². The van der Waals surface area contributed by atoms with E-state index in [2.05, 4.69) is 23.1 Å². The molecule has 0 spiro atoms. The van der Waals surface area contributed by atoms with E-state index in [9.17, 15) is 0 Å². The number of methoxy groups -OCH3 is 2. The van der Waals surface area contributed by atoms with Crippen molar-refractivity contribution < 1.29 is 9.47 Å². The molecule has 1 aromatic heterocycles. The van der Waals surface area contributed by atoms with Crippen LogP contribution >= 0.6 is 0 Å². The molecule has 0 atom stereocenters. The van der Waals surface area contributed by atoms with Gasteiger partial charge in [-0.2, -0.15) is 4.98 Å². The maximum absolute atomic E-state index is 5.41. The second-order valence-corrected chi connectivity index (χ2v) is 5.05. The van der Waals surface area contributed by atoms with E-state index < -0.39 is 0 Å². The van der Waals surface area contributed by atoms with Gasteiger partial charge < -0.3 is 9.47 Å². The summed E-state index contributed by atoms with van der Waals surface area (Å²) in [4.78, 5) is 8.49. The molecule has 1 heterocycles. The van der Waals surface area contributed by atoms with Gasteiger partial charge in [-0.25, -0.2) is 4.98 Å². The molecule has 0 unspecified atom stereocenters. The van der Waals surface area contributed by atoms with E-state index in [1.165, 1.54) is 31.9 Å². The van der Waals surface area contributed by atoms with Crippen LogP contribution in [0.15, 0.2) is 36.6 Å². The number of allylic oxidation sites excluding steroid dienone is 4. The van der Waals surface area contributed by atoms with Crippen molar-refractivity contribution >= 4 is 5.57 Å². The van der Waals surface area contributed by atoms with Crippen LogP contribution < -0.4 is 9.47 Å². The maximum atomic E-state index is 5.41. The molecule has 1 saturated carbocycles. The zero-order valence-corrected chi connectivity index (χ0v) is 12.8. The number of rotatable bonds is 5. The Morgan fingerprint density at radius 2 is 1.90 bits per heavy atom. The SMILES string of the molecule is C=CC(=C)C(=C1CCCCC1)c1cnc(OC)nc1OC. The Hall–Kier alpha value is -2.10. The highest BCUT2D eigenvalue weighted by atomic mass is 16.5. The third-order valence-corrected chi connectivity index (χ3v) is 3.76. The van der Waals surface area contributed by atoms with Crippen LogP contribution in [-0.2, 0) is 0 Å². The number of nitrogens with zero attached hydrogens (tertiary/aromatic N) is 2. The quantitative estimate of drug-likeness (QED) is 0.769. The van der Waals surface area contributed by atoms with Gasteiger partial charge >= 0.3 is 6.01 Å². The normalized spacial score (nSPS) is 14.5. The molecule has 0 radical (unpaired) electrons. The van der Waals surface area contributed by atoms with Gasteiger partial charge in [-0.3, -0.25) is 0 Å². The van der Waals surface area contributed by atoms with E-state index in [4.69, 9.17) is 9.47 Å². The molecule has 1 fully saturated rings. The van der Waals surface area contributed by atoms with E-state index in [1.54, 1.807) is 19.4 Å². The Balaban J connectivity index is 2.56. The fourth-order valence-corrected chi connectivity index (χ4v) is 2.70. The van der Waals surface area contributed by atoms with Crippen LogP contribution in [-0.4, -0.2) is 24.2 Å². The fraction of sp³-hybridized carbons (Fsp3) is 0.412. The smallest absolute Gasteiger partial charge is 0.319 e. The molecule has 2 rings (SSSR count). The van der Waals surface area contributed by atoms with Crippen molar-refractivity contribution in [3.63, 3.8) is 0 Å². The van der Waals surface area contributed by atoms with Gasteiger partial charge in [0.1, 0.15) is 0 Å². The number of hydrogen-bond acceptors (Lipinski definition) is 4. The Bertz CT molecular complexity index is 568. The Morgan fingerprint density at radius 1 is 1.19 bits per heavy atom. The number of ether oxygens (including phenoxy) is 2. The molecule has 4 heteroatoms. The Kier molecular flexibility index (Phi) is 5.14. The van der Waals surface area contributed by atoms with Crippen LogP contribution in [0.5, 0.6) is 11.9 Å².